The first-order valence-corrected chi connectivity index (χ1v) is 13.8. The van der Waals surface area contributed by atoms with Crippen molar-refractivity contribution in [2.75, 3.05) is 13.1 Å². The molecule has 0 N–H and O–H groups in total. The average Bonchev–Trinajstić information content (AvgIpc) is 3.35. The molecule has 38 heavy (non-hydrogen) atoms. The number of Topliss-reactive ketones (excluding diaryl/α,β-unsaturated/α-hetero) is 1. The molecule has 1 aliphatic carbocycles. The Bertz CT molecular complexity index is 1560. The van der Waals surface area contributed by atoms with Crippen LogP contribution in [0.15, 0.2) is 83.5 Å². The summed E-state index contributed by atoms with van der Waals surface area (Å²) in [5.41, 5.74) is 2.79. The lowest BCUT2D eigenvalue weighted by atomic mass is 9.65. The van der Waals surface area contributed by atoms with Crippen LogP contribution in [-0.4, -0.2) is 42.5 Å². The van der Waals surface area contributed by atoms with Crippen molar-refractivity contribution >= 4 is 46.4 Å². The van der Waals surface area contributed by atoms with Crippen LogP contribution >= 0.6 is 23.2 Å². The van der Waals surface area contributed by atoms with Crippen molar-refractivity contribution in [2.24, 2.45) is 5.41 Å². The van der Waals surface area contributed by atoms with E-state index in [2.05, 4.69) is 10.1 Å². The molecule has 10 heteroatoms. The zero-order valence-corrected chi connectivity index (χ0v) is 22.3. The number of nitrogens with zero attached hydrogens (tertiary/aromatic N) is 4. The Morgan fingerprint density at radius 3 is 2.63 bits per heavy atom. The van der Waals surface area contributed by atoms with Gasteiger partial charge in [0.05, 0.1) is 50.9 Å². The molecule has 2 atom stereocenters. The quantitative estimate of drug-likeness (QED) is 0.220. The highest BCUT2D eigenvalue weighted by Gasteiger charge is 2.51. The third-order valence-corrected chi connectivity index (χ3v) is 9.29. The molecule has 2 aliphatic rings. The lowest BCUT2D eigenvalue weighted by molar-refractivity contribution is 0.0770. The van der Waals surface area contributed by atoms with Gasteiger partial charge in [-0.3, -0.25) is 9.78 Å². The Morgan fingerprint density at radius 2 is 1.89 bits per heavy atom. The fraction of sp³-hybridized carbons (Fsp3) is 0.179. The van der Waals surface area contributed by atoms with E-state index in [9.17, 15) is 13.7 Å². The predicted octanol–water partition coefficient (Wildman–Crippen LogP) is 5.95. The van der Waals surface area contributed by atoms with Gasteiger partial charge in [-0.15, -0.1) is 4.31 Å². The largest absolute Gasteiger partial charge is 0.593 e. The SMILES string of the molecule is O=C(c1ccccn1)C12Cc3cnn(-c4ccc(F)cc4)c3C=C1CCN([S+]([O-])c1ccc(Cl)c(Cl)c1)C2. The molecule has 0 spiro atoms. The Kier molecular flexibility index (Phi) is 6.62. The highest BCUT2D eigenvalue weighted by atomic mass is 35.5. The van der Waals surface area contributed by atoms with E-state index in [1.807, 2.05) is 10.4 Å². The van der Waals surface area contributed by atoms with Gasteiger partial charge < -0.3 is 4.55 Å². The van der Waals surface area contributed by atoms with Crippen LogP contribution in [-0.2, 0) is 17.8 Å². The standard InChI is InChI=1S/C28H21Cl2FN4O2S/c29-23-9-8-22(14-24(23)30)38(37)34-12-10-19-13-26-18(16-33-35(26)21-6-4-20(31)5-7-21)15-28(19,17-34)27(36)25-3-1-2-11-32-25/h1-9,11,13-14,16H,10,12,15,17H2. The maximum absolute atomic E-state index is 14.1. The highest BCUT2D eigenvalue weighted by molar-refractivity contribution is 7.89. The Balaban J connectivity index is 1.41. The van der Waals surface area contributed by atoms with Crippen LogP contribution in [0.1, 0.15) is 28.2 Å². The van der Waals surface area contributed by atoms with E-state index < -0.39 is 16.8 Å². The van der Waals surface area contributed by atoms with Crippen molar-refractivity contribution in [3.63, 3.8) is 0 Å². The molecular weight excluding hydrogens is 546 g/mol. The number of rotatable bonds is 5. The summed E-state index contributed by atoms with van der Waals surface area (Å²) >= 11 is 10.7. The number of fused-ring (bicyclic) bond motifs is 2. The van der Waals surface area contributed by atoms with Crippen LogP contribution in [0.5, 0.6) is 0 Å². The summed E-state index contributed by atoms with van der Waals surface area (Å²) in [5.74, 6) is -0.448. The number of benzene rings is 2. The summed E-state index contributed by atoms with van der Waals surface area (Å²) in [4.78, 5) is 19.0. The van der Waals surface area contributed by atoms with E-state index in [0.29, 0.717) is 40.0 Å². The predicted molar refractivity (Wildman–Crippen MR) is 145 cm³/mol. The maximum atomic E-state index is 14.1. The highest BCUT2D eigenvalue weighted by Crippen LogP contribution is 2.47. The van der Waals surface area contributed by atoms with E-state index in [1.54, 1.807) is 65.6 Å². The van der Waals surface area contributed by atoms with Crippen molar-refractivity contribution in [1.82, 2.24) is 19.1 Å². The maximum Gasteiger partial charge on any atom is 0.193 e. The minimum Gasteiger partial charge on any atom is -0.593 e. The smallest absolute Gasteiger partial charge is 0.193 e. The van der Waals surface area contributed by atoms with E-state index in [0.717, 1.165) is 22.5 Å². The normalized spacial score (nSPS) is 19.8. The fourth-order valence-corrected chi connectivity index (χ4v) is 6.88. The molecule has 2 unspecified atom stereocenters. The van der Waals surface area contributed by atoms with Gasteiger partial charge in [0, 0.05) is 18.8 Å². The Labute approximate surface area is 232 Å². The summed E-state index contributed by atoms with van der Waals surface area (Å²) in [5, 5.41) is 5.27. The van der Waals surface area contributed by atoms with Gasteiger partial charge in [-0.1, -0.05) is 34.8 Å². The summed E-state index contributed by atoms with van der Waals surface area (Å²) < 4.78 is 30.7. The first-order valence-electron chi connectivity index (χ1n) is 12.0. The van der Waals surface area contributed by atoms with Crippen molar-refractivity contribution in [3.05, 3.63) is 111 Å². The molecule has 2 aromatic heterocycles. The zero-order chi connectivity index (χ0) is 26.4. The number of piperidine rings is 1. The molecule has 1 fully saturated rings. The van der Waals surface area contributed by atoms with Gasteiger partial charge in [-0.2, -0.15) is 5.10 Å². The van der Waals surface area contributed by atoms with E-state index in [-0.39, 0.29) is 18.1 Å². The van der Waals surface area contributed by atoms with E-state index in [4.69, 9.17) is 23.2 Å². The first kappa shape index (κ1) is 25.3. The van der Waals surface area contributed by atoms with Crippen LogP contribution in [0.4, 0.5) is 4.39 Å². The monoisotopic (exact) mass is 566 g/mol. The summed E-state index contributed by atoms with van der Waals surface area (Å²) in [6.45, 7) is 0.720. The lowest BCUT2D eigenvalue weighted by Crippen LogP contribution is -2.53. The summed E-state index contributed by atoms with van der Waals surface area (Å²) in [6.07, 6.45) is 6.26. The number of hydrogen-bond acceptors (Lipinski definition) is 5. The third kappa shape index (κ3) is 4.36. The molecule has 2 aromatic carbocycles. The second-order valence-corrected chi connectivity index (χ2v) is 11.7. The molecule has 0 amide bonds. The Morgan fingerprint density at radius 1 is 1.08 bits per heavy atom. The number of pyridine rings is 1. The second-order valence-electron chi connectivity index (χ2n) is 9.35. The first-order chi connectivity index (χ1) is 18.4. The number of aromatic nitrogens is 3. The minimum atomic E-state index is -1.55. The fourth-order valence-electron chi connectivity index (χ4n) is 5.22. The van der Waals surface area contributed by atoms with E-state index >= 15 is 0 Å². The molecule has 4 aromatic rings. The molecule has 0 bridgehead atoms. The van der Waals surface area contributed by atoms with Crippen molar-refractivity contribution in [1.29, 1.82) is 0 Å². The van der Waals surface area contributed by atoms with Gasteiger partial charge in [0.25, 0.3) is 0 Å². The summed E-state index contributed by atoms with van der Waals surface area (Å²) in [7, 11) is 0. The van der Waals surface area contributed by atoms with Gasteiger partial charge in [-0.05, 0) is 73.0 Å². The number of ketones is 1. The molecular formula is C28H21Cl2FN4O2S. The van der Waals surface area contributed by atoms with Gasteiger partial charge in [-0.25, -0.2) is 9.07 Å². The number of hydrogen-bond donors (Lipinski definition) is 0. The van der Waals surface area contributed by atoms with Gasteiger partial charge in [0.15, 0.2) is 10.7 Å². The topological polar surface area (TPSA) is 74.1 Å². The van der Waals surface area contributed by atoms with Crippen molar-refractivity contribution < 1.29 is 13.7 Å². The third-order valence-electron chi connectivity index (χ3n) is 7.11. The van der Waals surface area contributed by atoms with Gasteiger partial charge >= 0.3 is 0 Å². The molecule has 6 nitrogen and oxygen atoms in total. The molecule has 1 aliphatic heterocycles. The molecule has 6 rings (SSSR count). The Hall–Kier alpha value is -3.01. The van der Waals surface area contributed by atoms with Crippen LogP contribution in [0, 0.1) is 11.2 Å². The molecule has 1 saturated heterocycles. The van der Waals surface area contributed by atoms with Crippen molar-refractivity contribution in [3.8, 4) is 5.69 Å². The number of halogens is 3. The van der Waals surface area contributed by atoms with Crippen LogP contribution in [0.3, 0.4) is 0 Å². The molecule has 3 heterocycles. The van der Waals surface area contributed by atoms with Gasteiger partial charge in [0.2, 0.25) is 0 Å². The summed E-state index contributed by atoms with van der Waals surface area (Å²) in [6, 6.07) is 16.3. The zero-order valence-electron chi connectivity index (χ0n) is 20.0. The van der Waals surface area contributed by atoms with Crippen LogP contribution < -0.4 is 0 Å². The number of carbonyl (C=O) groups is 1. The lowest BCUT2D eigenvalue weighted by Gasteiger charge is -2.44. The minimum absolute atomic E-state index is 0.125. The number of carbonyl (C=O) groups excluding carboxylic acids is 1. The average molecular weight is 567 g/mol. The van der Waals surface area contributed by atoms with Crippen LogP contribution in [0.25, 0.3) is 11.8 Å². The molecule has 192 valence electrons. The molecule has 0 saturated carbocycles. The van der Waals surface area contributed by atoms with Crippen LogP contribution in [0.2, 0.25) is 10.0 Å². The van der Waals surface area contributed by atoms with Crippen molar-refractivity contribution in [2.45, 2.75) is 17.7 Å². The second kappa shape index (κ2) is 9.94. The van der Waals surface area contributed by atoms with E-state index in [1.165, 1.54) is 12.1 Å². The van der Waals surface area contributed by atoms with Gasteiger partial charge in [0.1, 0.15) is 11.5 Å². The molecule has 0 radical (unpaired) electrons.